The lowest BCUT2D eigenvalue weighted by atomic mass is 10.2. The van der Waals surface area contributed by atoms with Crippen LogP contribution in [0, 0.1) is 11.3 Å². The highest BCUT2D eigenvalue weighted by molar-refractivity contribution is 5.48. The van der Waals surface area contributed by atoms with E-state index in [0.29, 0.717) is 23.9 Å². The fourth-order valence-electron chi connectivity index (χ4n) is 2.14. The van der Waals surface area contributed by atoms with Crippen molar-refractivity contribution in [3.05, 3.63) is 11.6 Å². The summed E-state index contributed by atoms with van der Waals surface area (Å²) in [6, 6.07) is 2.09. The van der Waals surface area contributed by atoms with Gasteiger partial charge in [0.25, 0.3) is 0 Å². The van der Waals surface area contributed by atoms with Crippen LogP contribution < -0.4 is 4.90 Å². The highest BCUT2D eigenvalue weighted by atomic mass is 16.5. The fourth-order valence-corrected chi connectivity index (χ4v) is 2.14. The third-order valence-corrected chi connectivity index (χ3v) is 2.77. The number of hydrogen-bond donors (Lipinski definition) is 0. The number of morpholine rings is 1. The lowest BCUT2D eigenvalue weighted by molar-refractivity contribution is -0.00646. The molecule has 0 aromatic carbocycles. The van der Waals surface area contributed by atoms with Crippen molar-refractivity contribution < 1.29 is 9.15 Å². The van der Waals surface area contributed by atoms with Gasteiger partial charge >= 0.3 is 0 Å². The molecule has 1 saturated heterocycles. The second-order valence-electron chi connectivity index (χ2n) is 4.39. The summed E-state index contributed by atoms with van der Waals surface area (Å²) in [6.07, 6.45) is 0.977. The van der Waals surface area contributed by atoms with Crippen molar-refractivity contribution in [3.63, 3.8) is 0 Å². The molecule has 0 N–H and O–H groups in total. The van der Waals surface area contributed by atoms with Crippen molar-refractivity contribution in [1.29, 1.82) is 5.26 Å². The van der Waals surface area contributed by atoms with Crippen molar-refractivity contribution >= 4 is 5.88 Å². The zero-order valence-electron chi connectivity index (χ0n) is 10.4. The van der Waals surface area contributed by atoms with Gasteiger partial charge in [-0.3, -0.25) is 0 Å². The normalized spacial score (nSPS) is 24.7. The molecule has 5 nitrogen and oxygen atoms in total. The molecule has 1 fully saturated rings. The van der Waals surface area contributed by atoms with Gasteiger partial charge in [0, 0.05) is 19.5 Å². The molecule has 0 spiro atoms. The molecule has 1 aromatic heterocycles. The van der Waals surface area contributed by atoms with Gasteiger partial charge in [0.2, 0.25) is 11.6 Å². The summed E-state index contributed by atoms with van der Waals surface area (Å²) in [4.78, 5) is 6.21. The van der Waals surface area contributed by atoms with Gasteiger partial charge < -0.3 is 14.1 Å². The van der Waals surface area contributed by atoms with Crippen LogP contribution in [-0.4, -0.2) is 30.3 Å². The van der Waals surface area contributed by atoms with Gasteiger partial charge in [-0.15, -0.1) is 0 Å². The van der Waals surface area contributed by atoms with E-state index in [-0.39, 0.29) is 12.2 Å². The van der Waals surface area contributed by atoms with Crippen molar-refractivity contribution in [1.82, 2.24) is 4.98 Å². The molecule has 0 unspecified atom stereocenters. The van der Waals surface area contributed by atoms with Crippen LogP contribution in [-0.2, 0) is 11.2 Å². The Morgan fingerprint density at radius 1 is 1.41 bits per heavy atom. The summed E-state index contributed by atoms with van der Waals surface area (Å²) in [5.74, 6) is 1.20. The summed E-state index contributed by atoms with van der Waals surface area (Å²) in [5, 5.41) is 9.06. The molecule has 17 heavy (non-hydrogen) atoms. The topological polar surface area (TPSA) is 62.3 Å². The van der Waals surface area contributed by atoms with Crippen molar-refractivity contribution in [2.45, 2.75) is 39.4 Å². The van der Waals surface area contributed by atoms with Crippen LogP contribution in [0.2, 0.25) is 0 Å². The Kier molecular flexibility index (Phi) is 3.34. The van der Waals surface area contributed by atoms with Gasteiger partial charge in [-0.2, -0.15) is 5.26 Å². The molecule has 1 aromatic rings. The van der Waals surface area contributed by atoms with Gasteiger partial charge in [-0.1, -0.05) is 6.92 Å². The number of nitrogens with zero attached hydrogens (tertiary/aromatic N) is 3. The summed E-state index contributed by atoms with van der Waals surface area (Å²) < 4.78 is 11.3. The average Bonchev–Trinajstić information content (AvgIpc) is 2.70. The number of hydrogen-bond acceptors (Lipinski definition) is 5. The van der Waals surface area contributed by atoms with Crippen LogP contribution in [0.1, 0.15) is 32.4 Å². The summed E-state index contributed by atoms with van der Waals surface area (Å²) >= 11 is 0. The quantitative estimate of drug-likeness (QED) is 0.781. The molecule has 0 amide bonds. The molecule has 92 valence electrons. The number of nitriles is 1. The number of ether oxygens (including phenoxy) is 1. The largest absolute Gasteiger partial charge is 0.424 e. The van der Waals surface area contributed by atoms with Gasteiger partial charge in [0.05, 0.1) is 12.2 Å². The van der Waals surface area contributed by atoms with E-state index in [1.54, 1.807) is 0 Å². The second-order valence-corrected chi connectivity index (χ2v) is 4.39. The lowest BCUT2D eigenvalue weighted by Gasteiger charge is -2.34. The first-order valence-electron chi connectivity index (χ1n) is 5.94. The molecule has 5 heteroatoms. The maximum Gasteiger partial charge on any atom is 0.234 e. The van der Waals surface area contributed by atoms with Crippen LogP contribution in [0.3, 0.4) is 0 Å². The zero-order valence-corrected chi connectivity index (χ0v) is 10.4. The highest BCUT2D eigenvalue weighted by Gasteiger charge is 2.27. The first-order valence-corrected chi connectivity index (χ1v) is 5.94. The molecule has 0 bridgehead atoms. The molecule has 0 radical (unpaired) electrons. The number of aromatic nitrogens is 1. The maximum atomic E-state index is 9.06. The molecule has 0 saturated carbocycles. The molecule has 0 aliphatic carbocycles. The first kappa shape index (κ1) is 11.9. The number of anilines is 1. The predicted octanol–water partition coefficient (Wildman–Crippen LogP) is 1.72. The van der Waals surface area contributed by atoms with Crippen LogP contribution in [0.25, 0.3) is 0 Å². The standard InChI is InChI=1S/C12H17N3O2/c1-4-11-14-10(5-13)12(17-11)15-6-8(2)16-9(3)7-15/h8-9H,4,6-7H2,1-3H3/t8-,9-/m0/s1. The zero-order chi connectivity index (χ0) is 12.4. The smallest absolute Gasteiger partial charge is 0.234 e. The Balaban J connectivity index is 2.26. The SMILES string of the molecule is CCc1nc(C#N)c(N2C[C@H](C)O[C@@H](C)C2)o1. The molecule has 1 aliphatic heterocycles. The Morgan fingerprint density at radius 3 is 2.59 bits per heavy atom. The van der Waals surface area contributed by atoms with E-state index in [1.807, 2.05) is 25.7 Å². The van der Waals surface area contributed by atoms with Crippen molar-refractivity contribution in [3.8, 4) is 6.07 Å². The lowest BCUT2D eigenvalue weighted by Crippen LogP contribution is -2.45. The average molecular weight is 235 g/mol. The van der Waals surface area contributed by atoms with Crippen molar-refractivity contribution in [2.75, 3.05) is 18.0 Å². The minimum absolute atomic E-state index is 0.139. The Hall–Kier alpha value is -1.54. The maximum absolute atomic E-state index is 9.06. The van der Waals surface area contributed by atoms with E-state index in [9.17, 15) is 0 Å². The van der Waals surface area contributed by atoms with Gasteiger partial charge in [-0.25, -0.2) is 4.98 Å². The molecule has 1 aliphatic rings. The van der Waals surface area contributed by atoms with Crippen LogP contribution >= 0.6 is 0 Å². The van der Waals surface area contributed by atoms with E-state index in [2.05, 4.69) is 11.1 Å². The van der Waals surface area contributed by atoms with E-state index >= 15 is 0 Å². The molecular weight excluding hydrogens is 218 g/mol. The molecule has 2 rings (SSSR count). The Bertz CT molecular complexity index is 425. The fraction of sp³-hybridized carbons (Fsp3) is 0.667. The predicted molar refractivity (Wildman–Crippen MR) is 62.8 cm³/mol. The summed E-state index contributed by atoms with van der Waals surface area (Å²) in [5.41, 5.74) is 0.378. The second kappa shape index (κ2) is 4.76. The molecule has 2 heterocycles. The summed E-state index contributed by atoms with van der Waals surface area (Å²) in [7, 11) is 0. The minimum Gasteiger partial charge on any atom is -0.424 e. The van der Waals surface area contributed by atoms with E-state index in [1.165, 1.54) is 0 Å². The Labute approximate surface area is 101 Å². The highest BCUT2D eigenvalue weighted by Crippen LogP contribution is 2.25. The third-order valence-electron chi connectivity index (χ3n) is 2.77. The van der Waals surface area contributed by atoms with Crippen molar-refractivity contribution in [2.24, 2.45) is 0 Å². The number of rotatable bonds is 2. The van der Waals surface area contributed by atoms with E-state index < -0.39 is 0 Å². The van der Waals surface area contributed by atoms with Gasteiger partial charge in [0.1, 0.15) is 6.07 Å². The monoisotopic (exact) mass is 235 g/mol. The first-order chi connectivity index (χ1) is 8.13. The number of oxazole rings is 1. The van der Waals surface area contributed by atoms with Gasteiger partial charge in [0.15, 0.2) is 5.89 Å². The molecule has 2 atom stereocenters. The number of aryl methyl sites for hydroxylation is 1. The van der Waals surface area contributed by atoms with Crippen LogP contribution in [0.5, 0.6) is 0 Å². The minimum atomic E-state index is 0.139. The van der Waals surface area contributed by atoms with Crippen LogP contribution in [0.4, 0.5) is 5.88 Å². The summed E-state index contributed by atoms with van der Waals surface area (Å²) in [6.45, 7) is 7.47. The van der Waals surface area contributed by atoms with Gasteiger partial charge in [-0.05, 0) is 13.8 Å². The Morgan fingerprint density at radius 2 is 2.06 bits per heavy atom. The van der Waals surface area contributed by atoms with E-state index in [4.69, 9.17) is 14.4 Å². The third kappa shape index (κ3) is 2.42. The molecular formula is C12H17N3O2. The van der Waals surface area contributed by atoms with E-state index in [0.717, 1.165) is 13.1 Å². The van der Waals surface area contributed by atoms with Crippen LogP contribution in [0.15, 0.2) is 4.42 Å².